The molecule has 2 rings (SSSR count). The molecule has 0 saturated carbocycles. The van der Waals surface area contributed by atoms with Crippen molar-refractivity contribution in [3.8, 4) is 0 Å². The highest BCUT2D eigenvalue weighted by Gasteiger charge is 2.44. The third-order valence-corrected chi connectivity index (χ3v) is 2.49. The molecule has 3 nitrogen and oxygen atoms in total. The number of hydrogen-bond donors (Lipinski definition) is 0. The summed E-state index contributed by atoms with van der Waals surface area (Å²) < 4.78 is 16.9. The van der Waals surface area contributed by atoms with E-state index in [1.54, 1.807) is 0 Å². The number of fused-ring (bicyclic) bond motifs is 1. The van der Waals surface area contributed by atoms with Crippen molar-refractivity contribution in [2.24, 2.45) is 0 Å². The lowest BCUT2D eigenvalue weighted by Crippen LogP contribution is -2.38. The molecule has 0 N–H and O–H groups in total. The number of ether oxygens (including phenoxy) is 3. The lowest BCUT2D eigenvalue weighted by atomic mass is 10.0. The first-order chi connectivity index (χ1) is 6.11. The molecular formula is C10H16O3. The van der Waals surface area contributed by atoms with Crippen LogP contribution in [-0.2, 0) is 14.2 Å². The standard InChI is InChI=1S/C10H16O3/c1-4-7-5-8-9(6-11-7)13-10(2,3)12-8/h4,7-9H,1,5-6H2,2-3H3/t7-,8-,9+/m0/s1. The molecule has 74 valence electrons. The van der Waals surface area contributed by atoms with Gasteiger partial charge in [-0.2, -0.15) is 0 Å². The molecule has 3 atom stereocenters. The van der Waals surface area contributed by atoms with Crippen molar-refractivity contribution in [1.82, 2.24) is 0 Å². The molecule has 2 aliphatic heterocycles. The van der Waals surface area contributed by atoms with E-state index in [1.807, 2.05) is 19.9 Å². The van der Waals surface area contributed by atoms with Crippen molar-refractivity contribution in [1.29, 1.82) is 0 Å². The Morgan fingerprint density at radius 1 is 1.31 bits per heavy atom. The second-order valence-electron chi connectivity index (χ2n) is 4.06. The normalized spacial score (nSPS) is 42.8. The van der Waals surface area contributed by atoms with Crippen LogP contribution in [0.15, 0.2) is 12.7 Å². The second-order valence-corrected chi connectivity index (χ2v) is 4.06. The van der Waals surface area contributed by atoms with Gasteiger partial charge in [0.25, 0.3) is 0 Å². The van der Waals surface area contributed by atoms with E-state index in [4.69, 9.17) is 14.2 Å². The number of rotatable bonds is 1. The van der Waals surface area contributed by atoms with Crippen LogP contribution in [0, 0.1) is 0 Å². The third kappa shape index (κ3) is 1.77. The van der Waals surface area contributed by atoms with Crippen molar-refractivity contribution in [3.05, 3.63) is 12.7 Å². The van der Waals surface area contributed by atoms with E-state index >= 15 is 0 Å². The molecule has 0 radical (unpaired) electrons. The highest BCUT2D eigenvalue weighted by Crippen LogP contribution is 2.34. The Morgan fingerprint density at radius 3 is 2.69 bits per heavy atom. The highest BCUT2D eigenvalue weighted by molar-refractivity contribution is 4.93. The molecular weight excluding hydrogens is 168 g/mol. The average Bonchev–Trinajstić information content (AvgIpc) is 2.36. The smallest absolute Gasteiger partial charge is 0.163 e. The van der Waals surface area contributed by atoms with Crippen molar-refractivity contribution in [2.45, 2.75) is 44.4 Å². The predicted octanol–water partition coefficient (Wildman–Crippen LogP) is 1.48. The van der Waals surface area contributed by atoms with E-state index in [0.717, 1.165) is 6.42 Å². The largest absolute Gasteiger partial charge is 0.371 e. The van der Waals surface area contributed by atoms with Crippen molar-refractivity contribution < 1.29 is 14.2 Å². The van der Waals surface area contributed by atoms with E-state index in [9.17, 15) is 0 Å². The maximum Gasteiger partial charge on any atom is 0.163 e. The van der Waals surface area contributed by atoms with Gasteiger partial charge in [0.05, 0.1) is 18.8 Å². The summed E-state index contributed by atoms with van der Waals surface area (Å²) >= 11 is 0. The van der Waals surface area contributed by atoms with Gasteiger partial charge in [0, 0.05) is 6.42 Å². The monoisotopic (exact) mass is 184 g/mol. The van der Waals surface area contributed by atoms with Gasteiger partial charge >= 0.3 is 0 Å². The summed E-state index contributed by atoms with van der Waals surface area (Å²) in [6, 6.07) is 0. The Labute approximate surface area is 78.7 Å². The van der Waals surface area contributed by atoms with Gasteiger partial charge in [-0.25, -0.2) is 0 Å². The van der Waals surface area contributed by atoms with Crippen molar-refractivity contribution >= 4 is 0 Å². The van der Waals surface area contributed by atoms with E-state index < -0.39 is 5.79 Å². The SMILES string of the molecule is C=C[C@H]1C[C@@H]2OC(C)(C)O[C@@H]2CO1. The molecule has 0 bridgehead atoms. The van der Waals surface area contributed by atoms with Crippen LogP contribution in [0.3, 0.4) is 0 Å². The number of hydrogen-bond acceptors (Lipinski definition) is 3. The van der Waals surface area contributed by atoms with Gasteiger partial charge in [0.15, 0.2) is 5.79 Å². The van der Waals surface area contributed by atoms with E-state index in [1.165, 1.54) is 0 Å². The summed E-state index contributed by atoms with van der Waals surface area (Å²) in [7, 11) is 0. The molecule has 2 aliphatic rings. The average molecular weight is 184 g/mol. The lowest BCUT2D eigenvalue weighted by molar-refractivity contribution is -0.146. The summed E-state index contributed by atoms with van der Waals surface area (Å²) in [4.78, 5) is 0. The van der Waals surface area contributed by atoms with E-state index in [-0.39, 0.29) is 18.3 Å². The maximum atomic E-state index is 5.73. The van der Waals surface area contributed by atoms with Gasteiger partial charge in [0.2, 0.25) is 0 Å². The first-order valence-electron chi connectivity index (χ1n) is 4.70. The first-order valence-corrected chi connectivity index (χ1v) is 4.70. The summed E-state index contributed by atoms with van der Waals surface area (Å²) in [5.41, 5.74) is 0. The van der Waals surface area contributed by atoms with Gasteiger partial charge in [0.1, 0.15) is 6.10 Å². The molecule has 2 heterocycles. The molecule has 13 heavy (non-hydrogen) atoms. The fourth-order valence-electron chi connectivity index (χ4n) is 1.93. The predicted molar refractivity (Wildman–Crippen MR) is 48.4 cm³/mol. The molecule has 0 amide bonds. The van der Waals surface area contributed by atoms with Crippen molar-refractivity contribution in [3.63, 3.8) is 0 Å². The van der Waals surface area contributed by atoms with Crippen LogP contribution in [-0.4, -0.2) is 30.7 Å². The van der Waals surface area contributed by atoms with Crippen LogP contribution < -0.4 is 0 Å². The van der Waals surface area contributed by atoms with Gasteiger partial charge in [-0.05, 0) is 13.8 Å². The minimum absolute atomic E-state index is 0.103. The van der Waals surface area contributed by atoms with E-state index in [0.29, 0.717) is 6.61 Å². The van der Waals surface area contributed by atoms with Crippen LogP contribution in [0.5, 0.6) is 0 Å². The topological polar surface area (TPSA) is 27.7 Å². The van der Waals surface area contributed by atoms with Gasteiger partial charge in [-0.1, -0.05) is 6.08 Å². The first kappa shape index (κ1) is 9.19. The van der Waals surface area contributed by atoms with Gasteiger partial charge in [-0.15, -0.1) is 6.58 Å². The van der Waals surface area contributed by atoms with Crippen molar-refractivity contribution in [2.75, 3.05) is 6.61 Å². The summed E-state index contributed by atoms with van der Waals surface area (Å²) in [5, 5.41) is 0. The Morgan fingerprint density at radius 2 is 2.00 bits per heavy atom. The van der Waals surface area contributed by atoms with Gasteiger partial charge in [-0.3, -0.25) is 0 Å². The van der Waals surface area contributed by atoms with Crippen LogP contribution in [0.4, 0.5) is 0 Å². The zero-order valence-corrected chi connectivity index (χ0v) is 8.16. The Balaban J connectivity index is 2.01. The molecule has 0 unspecified atom stereocenters. The molecule has 2 saturated heterocycles. The van der Waals surface area contributed by atoms with Crippen LogP contribution >= 0.6 is 0 Å². The quantitative estimate of drug-likeness (QED) is 0.578. The minimum atomic E-state index is -0.450. The molecule has 0 aromatic rings. The minimum Gasteiger partial charge on any atom is -0.371 e. The lowest BCUT2D eigenvalue weighted by Gasteiger charge is -2.27. The molecule has 0 aromatic heterocycles. The zero-order valence-electron chi connectivity index (χ0n) is 8.16. The molecule has 0 aromatic carbocycles. The molecule has 3 heteroatoms. The Kier molecular flexibility index (Phi) is 2.18. The highest BCUT2D eigenvalue weighted by atomic mass is 16.8. The van der Waals surface area contributed by atoms with Crippen LogP contribution in [0.2, 0.25) is 0 Å². The Bertz CT molecular complexity index is 212. The summed E-state index contributed by atoms with van der Waals surface area (Å²) in [6.07, 6.45) is 3.08. The fraction of sp³-hybridized carbons (Fsp3) is 0.800. The molecule has 2 fully saturated rings. The van der Waals surface area contributed by atoms with Crippen LogP contribution in [0.25, 0.3) is 0 Å². The van der Waals surface area contributed by atoms with E-state index in [2.05, 4.69) is 6.58 Å². The Hall–Kier alpha value is -0.380. The molecule has 0 spiro atoms. The van der Waals surface area contributed by atoms with Gasteiger partial charge < -0.3 is 14.2 Å². The molecule has 0 aliphatic carbocycles. The fourth-order valence-corrected chi connectivity index (χ4v) is 1.93. The second kappa shape index (κ2) is 3.08. The van der Waals surface area contributed by atoms with Crippen LogP contribution in [0.1, 0.15) is 20.3 Å². The maximum absolute atomic E-state index is 5.73. The summed E-state index contributed by atoms with van der Waals surface area (Å²) in [5.74, 6) is -0.450. The third-order valence-electron chi connectivity index (χ3n) is 2.49. The zero-order chi connectivity index (χ0) is 9.47. The summed E-state index contributed by atoms with van der Waals surface area (Å²) in [6.45, 7) is 8.21.